The lowest BCUT2D eigenvalue weighted by Crippen LogP contribution is -2.53. The number of rotatable bonds is 7. The highest BCUT2D eigenvalue weighted by molar-refractivity contribution is 7.89. The van der Waals surface area contributed by atoms with Crippen LogP contribution in [0.25, 0.3) is 0 Å². The Labute approximate surface area is 233 Å². The normalized spacial score (nSPS) is 16.0. The van der Waals surface area contributed by atoms with Crippen LogP contribution in [0.5, 0.6) is 11.5 Å². The highest BCUT2D eigenvalue weighted by atomic mass is 32.2. The van der Waals surface area contributed by atoms with Gasteiger partial charge in [0, 0.05) is 42.6 Å². The fourth-order valence-corrected chi connectivity index (χ4v) is 6.28. The summed E-state index contributed by atoms with van der Waals surface area (Å²) in [6, 6.07) is 27.4. The summed E-state index contributed by atoms with van der Waals surface area (Å²) in [4.78, 5) is 14.6. The van der Waals surface area contributed by atoms with Crippen LogP contribution in [0.3, 0.4) is 0 Å². The molecule has 0 bridgehead atoms. The maximum absolute atomic E-state index is 14.8. The highest BCUT2D eigenvalue weighted by Gasteiger charge is 2.34. The van der Waals surface area contributed by atoms with Crippen LogP contribution in [-0.2, 0) is 10.0 Å². The molecule has 1 aliphatic heterocycles. The van der Waals surface area contributed by atoms with Crippen LogP contribution in [0.15, 0.2) is 102 Å². The van der Waals surface area contributed by atoms with E-state index in [0.717, 1.165) is 23.4 Å². The summed E-state index contributed by atoms with van der Waals surface area (Å²) in [6.45, 7) is 4.82. The largest absolute Gasteiger partial charge is 0.457 e. The van der Waals surface area contributed by atoms with Crippen molar-refractivity contribution in [2.75, 3.05) is 29.9 Å². The van der Waals surface area contributed by atoms with Crippen molar-refractivity contribution in [1.29, 1.82) is 0 Å². The molecule has 0 aromatic heterocycles. The summed E-state index contributed by atoms with van der Waals surface area (Å²) in [5.74, 6) is -0.167. The number of piperazine rings is 1. The summed E-state index contributed by atoms with van der Waals surface area (Å²) in [7, 11) is -4.17. The fourth-order valence-electron chi connectivity index (χ4n) is 4.68. The number of amides is 1. The maximum Gasteiger partial charge on any atom is 0.255 e. The Bertz CT molecular complexity index is 1590. The second-order valence-corrected chi connectivity index (χ2v) is 11.7. The van der Waals surface area contributed by atoms with Gasteiger partial charge in [0.15, 0.2) is 0 Å². The monoisotopic (exact) mass is 559 g/mol. The first kappa shape index (κ1) is 27.4. The van der Waals surface area contributed by atoms with Crippen molar-refractivity contribution in [3.05, 3.63) is 114 Å². The first-order valence-corrected chi connectivity index (χ1v) is 14.4. The topological polar surface area (TPSA) is 79.0 Å². The van der Waals surface area contributed by atoms with E-state index in [4.69, 9.17) is 4.74 Å². The molecule has 0 radical (unpaired) electrons. The van der Waals surface area contributed by atoms with E-state index in [-0.39, 0.29) is 24.7 Å². The van der Waals surface area contributed by atoms with Crippen LogP contribution in [-0.4, -0.2) is 44.3 Å². The lowest BCUT2D eigenvalue weighted by Gasteiger charge is -2.40. The van der Waals surface area contributed by atoms with E-state index in [1.807, 2.05) is 68.4 Å². The molecule has 4 aromatic carbocycles. The van der Waals surface area contributed by atoms with Crippen molar-refractivity contribution in [1.82, 2.24) is 4.31 Å². The molecule has 9 heteroatoms. The van der Waals surface area contributed by atoms with Gasteiger partial charge in [-0.05, 0) is 80.6 Å². The molecule has 1 atom stereocenters. The van der Waals surface area contributed by atoms with Gasteiger partial charge in [0.05, 0.1) is 0 Å². The third-order valence-electron chi connectivity index (χ3n) is 6.86. The lowest BCUT2D eigenvalue weighted by atomic mass is 10.1. The van der Waals surface area contributed by atoms with Gasteiger partial charge < -0.3 is 15.0 Å². The molecule has 5 rings (SSSR count). The van der Waals surface area contributed by atoms with Gasteiger partial charge in [-0.25, -0.2) is 12.8 Å². The van der Waals surface area contributed by atoms with Gasteiger partial charge in [0.1, 0.15) is 22.2 Å². The molecule has 1 N–H and O–H groups in total. The van der Waals surface area contributed by atoms with Crippen molar-refractivity contribution < 1.29 is 22.3 Å². The van der Waals surface area contributed by atoms with E-state index in [1.165, 1.54) is 10.4 Å². The minimum atomic E-state index is -4.17. The number of aryl methyl sites for hydroxylation is 1. The van der Waals surface area contributed by atoms with Gasteiger partial charge in [0.2, 0.25) is 10.0 Å². The Morgan fingerprint density at radius 3 is 2.25 bits per heavy atom. The van der Waals surface area contributed by atoms with Crippen LogP contribution in [0, 0.1) is 12.7 Å². The van der Waals surface area contributed by atoms with Gasteiger partial charge in [-0.3, -0.25) is 4.79 Å². The predicted molar refractivity (Wildman–Crippen MR) is 154 cm³/mol. The zero-order valence-corrected chi connectivity index (χ0v) is 23.1. The van der Waals surface area contributed by atoms with Gasteiger partial charge >= 0.3 is 0 Å². The van der Waals surface area contributed by atoms with Crippen molar-refractivity contribution in [3.8, 4) is 11.5 Å². The summed E-state index contributed by atoms with van der Waals surface area (Å²) >= 11 is 0. The first-order valence-electron chi connectivity index (χ1n) is 13.0. The van der Waals surface area contributed by atoms with Crippen molar-refractivity contribution in [3.63, 3.8) is 0 Å². The molecular weight excluding hydrogens is 529 g/mol. The molecule has 1 amide bonds. The molecule has 0 aliphatic carbocycles. The number of halogens is 1. The zero-order chi connectivity index (χ0) is 28.3. The van der Waals surface area contributed by atoms with E-state index >= 15 is 0 Å². The minimum Gasteiger partial charge on any atom is -0.457 e. The number of ether oxygens (including phenoxy) is 1. The molecule has 7 nitrogen and oxygen atoms in total. The van der Waals surface area contributed by atoms with Crippen molar-refractivity contribution in [2.45, 2.75) is 24.8 Å². The van der Waals surface area contributed by atoms with Gasteiger partial charge in [-0.2, -0.15) is 4.31 Å². The first-order chi connectivity index (χ1) is 19.2. The van der Waals surface area contributed by atoms with Crippen LogP contribution in [0.2, 0.25) is 0 Å². The molecule has 1 unspecified atom stereocenters. The van der Waals surface area contributed by atoms with Crippen molar-refractivity contribution >= 4 is 27.3 Å². The number of carbonyl (C=O) groups excluding carboxylic acids is 1. The molecule has 0 spiro atoms. The smallest absolute Gasteiger partial charge is 0.255 e. The van der Waals surface area contributed by atoms with Crippen LogP contribution in [0.4, 0.5) is 15.8 Å². The Morgan fingerprint density at radius 2 is 1.57 bits per heavy atom. The summed E-state index contributed by atoms with van der Waals surface area (Å²) in [5.41, 5.74) is 2.68. The zero-order valence-electron chi connectivity index (χ0n) is 22.2. The summed E-state index contributed by atoms with van der Waals surface area (Å²) in [5, 5.41) is 2.73. The second-order valence-electron chi connectivity index (χ2n) is 9.78. The van der Waals surface area contributed by atoms with Crippen LogP contribution < -0.4 is 15.0 Å². The van der Waals surface area contributed by atoms with E-state index in [2.05, 4.69) is 10.2 Å². The molecule has 1 heterocycles. The average molecular weight is 560 g/mol. The quantitative estimate of drug-likeness (QED) is 0.297. The highest BCUT2D eigenvalue weighted by Crippen LogP contribution is 2.27. The molecule has 1 fully saturated rings. The average Bonchev–Trinajstić information content (AvgIpc) is 2.95. The SMILES string of the molecule is Cc1ccc(N2CCN(S(=O)(=O)c3cc(C(=O)Nc4ccc(Oc5ccccc5)cc4)ccc3F)CC2C)cc1. The minimum absolute atomic E-state index is 0.0379. The fraction of sp³-hybridized carbons (Fsp3) is 0.194. The Morgan fingerprint density at radius 1 is 0.900 bits per heavy atom. The van der Waals surface area contributed by atoms with E-state index in [9.17, 15) is 17.6 Å². The summed E-state index contributed by atoms with van der Waals surface area (Å²) in [6.07, 6.45) is 0. The van der Waals surface area contributed by atoms with Crippen LogP contribution >= 0.6 is 0 Å². The van der Waals surface area contributed by atoms with E-state index in [1.54, 1.807) is 24.3 Å². The molecule has 206 valence electrons. The third kappa shape index (κ3) is 6.00. The third-order valence-corrected chi connectivity index (χ3v) is 8.74. The molecule has 1 aliphatic rings. The standard InChI is InChI=1S/C31H30FN3O4S/c1-22-8-13-26(14-9-22)35-19-18-34(21-23(35)2)40(37,38)30-20-24(10-17-29(30)32)31(36)33-25-11-15-28(16-12-25)39-27-6-4-3-5-7-27/h3-17,20,23H,18-19,21H2,1-2H3,(H,33,36). The molecule has 4 aromatic rings. The Balaban J connectivity index is 1.28. The second kappa shape index (κ2) is 11.5. The molecule has 1 saturated heterocycles. The van der Waals surface area contributed by atoms with Gasteiger partial charge in [-0.15, -0.1) is 0 Å². The lowest BCUT2D eigenvalue weighted by molar-refractivity contribution is 0.102. The van der Waals surface area contributed by atoms with E-state index < -0.39 is 26.6 Å². The van der Waals surface area contributed by atoms with Crippen molar-refractivity contribution in [2.24, 2.45) is 0 Å². The molecule has 40 heavy (non-hydrogen) atoms. The number of sulfonamides is 1. The van der Waals surface area contributed by atoms with Gasteiger partial charge in [0.25, 0.3) is 5.91 Å². The number of benzene rings is 4. The molecule has 0 saturated carbocycles. The maximum atomic E-state index is 14.8. The van der Waals surface area contributed by atoms with Gasteiger partial charge in [-0.1, -0.05) is 35.9 Å². The Hall–Kier alpha value is -4.21. The predicted octanol–water partition coefficient (Wildman–Crippen LogP) is 6.08. The number of carbonyl (C=O) groups is 1. The van der Waals surface area contributed by atoms with Crippen LogP contribution in [0.1, 0.15) is 22.8 Å². The summed E-state index contributed by atoms with van der Waals surface area (Å²) < 4.78 is 48.9. The Kier molecular flexibility index (Phi) is 7.86. The number of hydrogen-bond acceptors (Lipinski definition) is 5. The number of anilines is 2. The molecular formula is C31H30FN3O4S. The number of para-hydroxylation sites is 1. The number of nitrogens with zero attached hydrogens (tertiary/aromatic N) is 2. The number of nitrogens with one attached hydrogen (secondary N) is 1. The van der Waals surface area contributed by atoms with E-state index in [0.29, 0.717) is 23.7 Å². The number of hydrogen-bond donors (Lipinski definition) is 1.